The molecule has 0 aromatic heterocycles. The predicted molar refractivity (Wildman–Crippen MR) is 68.4 cm³/mol. The van der Waals surface area contributed by atoms with Crippen molar-refractivity contribution in [2.24, 2.45) is 0 Å². The number of aliphatic hydroxyl groups is 1. The Morgan fingerprint density at radius 1 is 1.12 bits per heavy atom. The van der Waals surface area contributed by atoms with Crippen molar-refractivity contribution >= 4 is 10.0 Å². The van der Waals surface area contributed by atoms with Gasteiger partial charge in [-0.2, -0.15) is 4.31 Å². The minimum Gasteiger partial charge on any atom is -0.389 e. The van der Waals surface area contributed by atoms with Gasteiger partial charge in [0.25, 0.3) is 0 Å². The molecule has 0 bridgehead atoms. The summed E-state index contributed by atoms with van der Waals surface area (Å²) in [7, 11) is -3.06. The highest BCUT2D eigenvalue weighted by Gasteiger charge is 2.29. The molecule has 0 amide bonds. The van der Waals surface area contributed by atoms with Crippen LogP contribution in [0.2, 0.25) is 0 Å². The Bertz CT molecular complexity index is 331. The highest BCUT2D eigenvalue weighted by atomic mass is 32.2. The summed E-state index contributed by atoms with van der Waals surface area (Å²) in [5, 5.41) is 10.2. The predicted octanol–water partition coefficient (Wildman–Crippen LogP) is 0.115. The molecule has 5 nitrogen and oxygen atoms in total. The van der Waals surface area contributed by atoms with Crippen LogP contribution in [0.5, 0.6) is 0 Å². The Labute approximate surface area is 104 Å². The third-order valence-corrected chi connectivity index (χ3v) is 4.94. The van der Waals surface area contributed by atoms with Gasteiger partial charge in [-0.15, -0.1) is 0 Å². The Hall–Kier alpha value is -0.170. The van der Waals surface area contributed by atoms with E-state index >= 15 is 0 Å². The lowest BCUT2D eigenvalue weighted by atomic mass is 9.96. The molecule has 0 atom stereocenters. The van der Waals surface area contributed by atoms with Crippen molar-refractivity contribution in [2.75, 3.05) is 39.0 Å². The number of rotatable bonds is 5. The van der Waals surface area contributed by atoms with E-state index < -0.39 is 15.6 Å². The van der Waals surface area contributed by atoms with Crippen LogP contribution in [0.1, 0.15) is 26.7 Å². The van der Waals surface area contributed by atoms with E-state index in [1.54, 1.807) is 0 Å². The second kappa shape index (κ2) is 5.65. The van der Waals surface area contributed by atoms with Gasteiger partial charge in [-0.25, -0.2) is 8.42 Å². The quantitative estimate of drug-likeness (QED) is 0.766. The van der Waals surface area contributed by atoms with Crippen molar-refractivity contribution in [3.8, 4) is 0 Å². The second-order valence-corrected chi connectivity index (χ2v) is 6.85. The zero-order valence-electron chi connectivity index (χ0n) is 11.0. The maximum Gasteiger partial charge on any atom is 0.211 e. The molecule has 1 heterocycles. The van der Waals surface area contributed by atoms with Crippen LogP contribution >= 0.6 is 0 Å². The molecule has 0 spiro atoms. The van der Waals surface area contributed by atoms with Crippen molar-refractivity contribution in [3.63, 3.8) is 0 Å². The molecular weight excluding hydrogens is 240 g/mol. The van der Waals surface area contributed by atoms with E-state index in [1.165, 1.54) is 10.6 Å². The van der Waals surface area contributed by atoms with Crippen molar-refractivity contribution in [1.29, 1.82) is 0 Å². The fourth-order valence-corrected chi connectivity index (χ4v) is 2.94. The lowest BCUT2D eigenvalue weighted by Gasteiger charge is -2.38. The highest BCUT2D eigenvalue weighted by Crippen LogP contribution is 2.17. The van der Waals surface area contributed by atoms with Gasteiger partial charge in [0.15, 0.2) is 0 Å². The maximum atomic E-state index is 11.3. The minimum atomic E-state index is -3.06. The summed E-state index contributed by atoms with van der Waals surface area (Å²) in [4.78, 5) is 2.15. The first kappa shape index (κ1) is 14.9. The molecule has 0 aromatic rings. The number of piperazine rings is 1. The summed E-state index contributed by atoms with van der Waals surface area (Å²) < 4.78 is 24.2. The fourth-order valence-electron chi connectivity index (χ4n) is 2.11. The zero-order valence-corrected chi connectivity index (χ0v) is 11.8. The van der Waals surface area contributed by atoms with E-state index in [1.807, 2.05) is 13.8 Å². The summed E-state index contributed by atoms with van der Waals surface area (Å²) in [6, 6.07) is 0. The average Bonchev–Trinajstić information content (AvgIpc) is 2.28. The summed E-state index contributed by atoms with van der Waals surface area (Å²) in [6.07, 6.45) is 2.71. The number of β-amino-alcohol motifs (C(OH)–C–C–N with tert-alkyl or cyclic N) is 1. The number of sulfonamides is 1. The van der Waals surface area contributed by atoms with Gasteiger partial charge in [0, 0.05) is 32.7 Å². The van der Waals surface area contributed by atoms with Crippen molar-refractivity contribution in [2.45, 2.75) is 32.3 Å². The molecule has 0 saturated carbocycles. The molecule has 1 rings (SSSR count). The van der Waals surface area contributed by atoms with Crippen LogP contribution in [-0.4, -0.2) is 67.3 Å². The van der Waals surface area contributed by atoms with Crippen LogP contribution in [-0.2, 0) is 10.0 Å². The summed E-state index contributed by atoms with van der Waals surface area (Å²) in [6.45, 7) is 7.07. The fraction of sp³-hybridized carbons (Fsp3) is 1.00. The third-order valence-electron chi connectivity index (χ3n) is 3.63. The van der Waals surface area contributed by atoms with Crippen molar-refractivity contribution in [1.82, 2.24) is 9.21 Å². The summed E-state index contributed by atoms with van der Waals surface area (Å²) in [5.41, 5.74) is -0.632. The molecule has 1 fully saturated rings. The van der Waals surface area contributed by atoms with Gasteiger partial charge < -0.3 is 5.11 Å². The standard InChI is InChI=1S/C11H24N2O3S/c1-4-11(14,5-2)10-12-6-8-13(9-7-12)17(3,15)16/h14H,4-10H2,1-3H3. The topological polar surface area (TPSA) is 60.9 Å². The molecular formula is C11H24N2O3S. The molecule has 17 heavy (non-hydrogen) atoms. The van der Waals surface area contributed by atoms with Crippen LogP contribution < -0.4 is 0 Å². The molecule has 0 radical (unpaired) electrons. The molecule has 0 aromatic carbocycles. The molecule has 1 N–H and O–H groups in total. The molecule has 6 heteroatoms. The molecule has 1 saturated heterocycles. The number of hydrogen-bond acceptors (Lipinski definition) is 4. The Morgan fingerprint density at radius 3 is 1.94 bits per heavy atom. The lowest BCUT2D eigenvalue weighted by Crippen LogP contribution is -2.52. The smallest absolute Gasteiger partial charge is 0.211 e. The first-order valence-corrected chi connectivity index (χ1v) is 8.05. The first-order chi connectivity index (χ1) is 7.80. The number of nitrogens with zero attached hydrogens (tertiary/aromatic N) is 2. The normalized spacial score (nSPS) is 20.7. The van der Waals surface area contributed by atoms with Crippen LogP contribution in [0, 0.1) is 0 Å². The third kappa shape index (κ3) is 4.21. The summed E-state index contributed by atoms with van der Waals surface area (Å²) >= 11 is 0. The zero-order chi connectivity index (χ0) is 13.1. The summed E-state index contributed by atoms with van der Waals surface area (Å²) in [5.74, 6) is 0. The molecule has 0 unspecified atom stereocenters. The van der Waals surface area contributed by atoms with Gasteiger partial charge in [0.2, 0.25) is 10.0 Å². The molecule has 1 aliphatic heterocycles. The van der Waals surface area contributed by atoms with E-state index in [2.05, 4.69) is 4.90 Å². The molecule has 0 aliphatic carbocycles. The average molecular weight is 264 g/mol. The van der Waals surface area contributed by atoms with Crippen LogP contribution in [0.15, 0.2) is 0 Å². The molecule has 1 aliphatic rings. The maximum absolute atomic E-state index is 11.3. The van der Waals surface area contributed by atoms with Crippen LogP contribution in [0.25, 0.3) is 0 Å². The Balaban J connectivity index is 2.48. The van der Waals surface area contributed by atoms with E-state index in [-0.39, 0.29) is 0 Å². The van der Waals surface area contributed by atoms with Gasteiger partial charge in [-0.3, -0.25) is 4.90 Å². The van der Waals surface area contributed by atoms with Gasteiger partial charge in [0.1, 0.15) is 0 Å². The largest absolute Gasteiger partial charge is 0.389 e. The molecule has 102 valence electrons. The number of hydrogen-bond donors (Lipinski definition) is 1. The van der Waals surface area contributed by atoms with Gasteiger partial charge in [-0.1, -0.05) is 13.8 Å². The van der Waals surface area contributed by atoms with E-state index in [0.29, 0.717) is 32.7 Å². The van der Waals surface area contributed by atoms with Crippen LogP contribution in [0.3, 0.4) is 0 Å². The lowest BCUT2D eigenvalue weighted by molar-refractivity contribution is -0.0101. The second-order valence-electron chi connectivity index (χ2n) is 4.87. The minimum absolute atomic E-state index is 0.530. The Morgan fingerprint density at radius 2 is 1.59 bits per heavy atom. The van der Waals surface area contributed by atoms with Gasteiger partial charge in [0.05, 0.1) is 11.9 Å². The van der Waals surface area contributed by atoms with Crippen molar-refractivity contribution in [3.05, 3.63) is 0 Å². The monoisotopic (exact) mass is 264 g/mol. The van der Waals surface area contributed by atoms with Crippen LogP contribution in [0.4, 0.5) is 0 Å². The van der Waals surface area contributed by atoms with Gasteiger partial charge >= 0.3 is 0 Å². The van der Waals surface area contributed by atoms with E-state index in [9.17, 15) is 13.5 Å². The van der Waals surface area contributed by atoms with E-state index in [4.69, 9.17) is 0 Å². The van der Waals surface area contributed by atoms with Gasteiger partial charge in [-0.05, 0) is 12.8 Å². The van der Waals surface area contributed by atoms with E-state index in [0.717, 1.165) is 12.8 Å². The van der Waals surface area contributed by atoms with Crippen molar-refractivity contribution < 1.29 is 13.5 Å². The highest BCUT2D eigenvalue weighted by molar-refractivity contribution is 7.88. The first-order valence-electron chi connectivity index (χ1n) is 6.20. The SMILES string of the molecule is CCC(O)(CC)CN1CCN(S(C)(=O)=O)CC1. The Kier molecular flexibility index (Phi) is 4.95.